The Bertz CT molecular complexity index is 923. The number of rotatable bonds is 4. The molecule has 146 valence electrons. The molecule has 4 rings (SSSR count). The maximum Gasteiger partial charge on any atom is 0.263 e. The number of ether oxygens (including phenoxy) is 1. The van der Waals surface area contributed by atoms with E-state index in [1.165, 1.54) is 17.0 Å². The molecule has 1 atom stereocenters. The van der Waals surface area contributed by atoms with Gasteiger partial charge >= 0.3 is 0 Å². The molecule has 1 heterocycles. The van der Waals surface area contributed by atoms with Gasteiger partial charge < -0.3 is 15.0 Å². The van der Waals surface area contributed by atoms with Gasteiger partial charge in [-0.15, -0.1) is 0 Å². The summed E-state index contributed by atoms with van der Waals surface area (Å²) in [6.45, 7) is 1.91. The number of nitrogens with one attached hydrogen (secondary N) is 1. The van der Waals surface area contributed by atoms with Crippen LogP contribution < -0.4 is 10.1 Å². The fraction of sp³-hybridized carbons (Fsp3) is 0.333. The van der Waals surface area contributed by atoms with Crippen LogP contribution in [0.25, 0.3) is 0 Å². The van der Waals surface area contributed by atoms with Crippen LogP contribution in [0.3, 0.4) is 0 Å². The molecule has 28 heavy (non-hydrogen) atoms. The average Bonchev–Trinajstić information content (AvgIpc) is 3.46. The molecule has 2 aliphatic rings. The molecule has 2 amide bonds. The molecule has 0 unspecified atom stereocenters. The Hall–Kier alpha value is -2.96. The number of nitrogens with zero attached hydrogens (tertiary/aromatic N) is 1. The summed E-state index contributed by atoms with van der Waals surface area (Å²) in [6, 6.07) is 8.46. The molecule has 0 aromatic heterocycles. The molecule has 2 aromatic carbocycles. The number of amides is 2. The minimum Gasteiger partial charge on any atom is -0.481 e. The molecule has 1 saturated carbocycles. The van der Waals surface area contributed by atoms with Gasteiger partial charge in [0.1, 0.15) is 17.4 Å². The minimum absolute atomic E-state index is 0.00831. The predicted octanol–water partition coefficient (Wildman–Crippen LogP) is 3.62. The fourth-order valence-corrected chi connectivity index (χ4v) is 3.32. The SMILES string of the molecule is C[C@@H]1Oc2ccc(NC(=O)C3CC3)cc2CN(Cc2cc(F)cc(F)c2)C1=O. The lowest BCUT2D eigenvalue weighted by Crippen LogP contribution is -2.37. The van der Waals surface area contributed by atoms with Gasteiger partial charge in [-0.2, -0.15) is 0 Å². The maximum atomic E-state index is 13.5. The Kier molecular flexibility index (Phi) is 4.75. The van der Waals surface area contributed by atoms with Crippen LogP contribution in [0.2, 0.25) is 0 Å². The highest BCUT2D eigenvalue weighted by Gasteiger charge is 2.31. The maximum absolute atomic E-state index is 13.5. The van der Waals surface area contributed by atoms with E-state index in [-0.39, 0.29) is 30.8 Å². The van der Waals surface area contributed by atoms with E-state index >= 15 is 0 Å². The fourth-order valence-electron chi connectivity index (χ4n) is 3.32. The van der Waals surface area contributed by atoms with E-state index in [1.54, 1.807) is 25.1 Å². The standard InChI is InChI=1S/C21H20F2N2O3/c1-12-21(27)25(10-13-6-16(22)9-17(23)7-13)11-15-8-18(4-5-19(15)28-12)24-20(26)14-2-3-14/h4-9,12,14H,2-3,10-11H2,1H3,(H,24,26)/t12-/m0/s1. The van der Waals surface area contributed by atoms with Crippen LogP contribution in [0.5, 0.6) is 5.75 Å². The van der Waals surface area contributed by atoms with Crippen molar-refractivity contribution in [2.24, 2.45) is 5.92 Å². The van der Waals surface area contributed by atoms with Gasteiger partial charge in [0.25, 0.3) is 5.91 Å². The van der Waals surface area contributed by atoms with Gasteiger partial charge in [-0.3, -0.25) is 9.59 Å². The van der Waals surface area contributed by atoms with E-state index in [1.807, 2.05) is 0 Å². The third kappa shape index (κ3) is 3.98. The number of hydrogen-bond acceptors (Lipinski definition) is 3. The van der Waals surface area contributed by atoms with Gasteiger partial charge in [-0.05, 0) is 55.7 Å². The summed E-state index contributed by atoms with van der Waals surface area (Å²) >= 11 is 0. The predicted molar refractivity (Wildman–Crippen MR) is 98.5 cm³/mol. The van der Waals surface area contributed by atoms with Crippen LogP contribution in [-0.2, 0) is 22.7 Å². The number of hydrogen-bond donors (Lipinski definition) is 1. The summed E-state index contributed by atoms with van der Waals surface area (Å²) in [5.74, 6) is -1.02. The zero-order valence-corrected chi connectivity index (χ0v) is 15.4. The van der Waals surface area contributed by atoms with Gasteiger partial charge in [0, 0.05) is 36.3 Å². The van der Waals surface area contributed by atoms with Crippen molar-refractivity contribution >= 4 is 17.5 Å². The van der Waals surface area contributed by atoms with Crippen molar-refractivity contribution in [1.29, 1.82) is 0 Å². The van der Waals surface area contributed by atoms with Crippen LogP contribution in [0.15, 0.2) is 36.4 Å². The highest BCUT2D eigenvalue weighted by atomic mass is 19.1. The first-order valence-electron chi connectivity index (χ1n) is 9.23. The molecule has 1 N–H and O–H groups in total. The summed E-state index contributed by atoms with van der Waals surface area (Å²) in [7, 11) is 0. The highest BCUT2D eigenvalue weighted by Crippen LogP contribution is 2.32. The van der Waals surface area contributed by atoms with Gasteiger partial charge in [0.15, 0.2) is 6.10 Å². The molecule has 0 saturated heterocycles. The van der Waals surface area contributed by atoms with E-state index < -0.39 is 17.7 Å². The monoisotopic (exact) mass is 386 g/mol. The largest absolute Gasteiger partial charge is 0.481 e. The highest BCUT2D eigenvalue weighted by molar-refractivity contribution is 5.94. The molecular weight excluding hydrogens is 366 g/mol. The number of halogens is 2. The number of carbonyl (C=O) groups excluding carboxylic acids is 2. The van der Waals surface area contributed by atoms with E-state index in [2.05, 4.69) is 5.32 Å². The lowest BCUT2D eigenvalue weighted by Gasteiger charge is -2.22. The number of carbonyl (C=O) groups is 2. The van der Waals surface area contributed by atoms with Crippen molar-refractivity contribution < 1.29 is 23.1 Å². The van der Waals surface area contributed by atoms with Gasteiger partial charge in [0.05, 0.1) is 0 Å². The van der Waals surface area contributed by atoms with E-state index in [9.17, 15) is 18.4 Å². The Balaban J connectivity index is 1.58. The number of fused-ring (bicyclic) bond motifs is 1. The molecule has 1 aliphatic carbocycles. The zero-order chi connectivity index (χ0) is 19.8. The smallest absolute Gasteiger partial charge is 0.263 e. The van der Waals surface area contributed by atoms with E-state index in [0.29, 0.717) is 17.0 Å². The third-order valence-electron chi connectivity index (χ3n) is 4.90. The second-order valence-corrected chi connectivity index (χ2v) is 7.32. The Morgan fingerprint density at radius 1 is 1.18 bits per heavy atom. The van der Waals surface area contributed by atoms with Crippen molar-refractivity contribution in [3.8, 4) is 5.75 Å². The van der Waals surface area contributed by atoms with Crippen LogP contribution >= 0.6 is 0 Å². The second-order valence-electron chi connectivity index (χ2n) is 7.32. The van der Waals surface area contributed by atoms with Crippen LogP contribution in [0.1, 0.15) is 30.9 Å². The summed E-state index contributed by atoms with van der Waals surface area (Å²) in [6.07, 6.45) is 1.08. The lowest BCUT2D eigenvalue weighted by molar-refractivity contribution is -0.138. The summed E-state index contributed by atoms with van der Waals surface area (Å²) in [4.78, 5) is 26.2. The van der Waals surface area contributed by atoms with Crippen molar-refractivity contribution in [3.63, 3.8) is 0 Å². The quantitative estimate of drug-likeness (QED) is 0.873. The van der Waals surface area contributed by atoms with Crippen molar-refractivity contribution in [1.82, 2.24) is 4.90 Å². The molecule has 1 aliphatic heterocycles. The van der Waals surface area contributed by atoms with E-state index in [4.69, 9.17) is 4.74 Å². The number of anilines is 1. The first-order chi connectivity index (χ1) is 13.4. The minimum atomic E-state index is -0.730. The molecule has 0 radical (unpaired) electrons. The van der Waals surface area contributed by atoms with Crippen LogP contribution in [-0.4, -0.2) is 22.8 Å². The topological polar surface area (TPSA) is 58.6 Å². The lowest BCUT2D eigenvalue weighted by atomic mass is 10.1. The molecule has 0 bridgehead atoms. The van der Waals surface area contributed by atoms with Crippen molar-refractivity contribution in [3.05, 3.63) is 59.2 Å². The Morgan fingerprint density at radius 2 is 1.89 bits per heavy atom. The van der Waals surface area contributed by atoms with Crippen LogP contribution in [0.4, 0.5) is 14.5 Å². The Morgan fingerprint density at radius 3 is 2.57 bits per heavy atom. The third-order valence-corrected chi connectivity index (χ3v) is 4.90. The molecule has 5 nitrogen and oxygen atoms in total. The van der Waals surface area contributed by atoms with Crippen LogP contribution in [0, 0.1) is 17.6 Å². The van der Waals surface area contributed by atoms with E-state index in [0.717, 1.165) is 24.5 Å². The normalized spacial score (nSPS) is 18.9. The first kappa shape index (κ1) is 18.4. The summed E-state index contributed by atoms with van der Waals surface area (Å²) in [5, 5.41) is 2.88. The number of benzene rings is 2. The second kappa shape index (κ2) is 7.22. The molecule has 1 fully saturated rings. The summed E-state index contributed by atoms with van der Waals surface area (Å²) in [5.41, 5.74) is 1.72. The van der Waals surface area contributed by atoms with Crippen molar-refractivity contribution in [2.75, 3.05) is 5.32 Å². The first-order valence-corrected chi connectivity index (χ1v) is 9.23. The zero-order valence-electron chi connectivity index (χ0n) is 15.4. The molecule has 0 spiro atoms. The molecular formula is C21H20F2N2O3. The van der Waals surface area contributed by atoms with Gasteiger partial charge in [0.2, 0.25) is 5.91 Å². The molecule has 7 heteroatoms. The Labute approximate surface area is 161 Å². The van der Waals surface area contributed by atoms with Gasteiger partial charge in [-0.25, -0.2) is 8.78 Å². The molecule has 2 aromatic rings. The van der Waals surface area contributed by atoms with Crippen molar-refractivity contribution in [2.45, 2.75) is 39.0 Å². The summed E-state index contributed by atoms with van der Waals surface area (Å²) < 4.78 is 32.8. The average molecular weight is 386 g/mol. The van der Waals surface area contributed by atoms with Gasteiger partial charge in [-0.1, -0.05) is 0 Å².